The van der Waals surface area contributed by atoms with E-state index in [-0.39, 0.29) is 6.10 Å². The zero-order valence-corrected chi connectivity index (χ0v) is 9.36. The molecule has 1 atom stereocenters. The summed E-state index contributed by atoms with van der Waals surface area (Å²) in [7, 11) is 0. The third-order valence-corrected chi connectivity index (χ3v) is 2.74. The van der Waals surface area contributed by atoms with Crippen molar-refractivity contribution in [2.45, 2.75) is 6.10 Å². The van der Waals surface area contributed by atoms with Gasteiger partial charge in [-0.15, -0.1) is 11.6 Å². The van der Waals surface area contributed by atoms with Crippen LogP contribution in [-0.2, 0) is 4.74 Å². The Morgan fingerprint density at radius 1 is 1.53 bits per heavy atom. The van der Waals surface area contributed by atoms with E-state index in [9.17, 15) is 0 Å². The molecule has 0 N–H and O–H groups in total. The fourth-order valence-electron chi connectivity index (χ4n) is 1.77. The number of rotatable bonds is 3. The van der Waals surface area contributed by atoms with Crippen molar-refractivity contribution in [2.24, 2.45) is 0 Å². The molecule has 4 heteroatoms. The molecule has 82 valence electrons. The van der Waals surface area contributed by atoms with Gasteiger partial charge in [-0.2, -0.15) is 0 Å². The largest absolute Gasteiger partial charge is 0.369 e. The summed E-state index contributed by atoms with van der Waals surface area (Å²) >= 11 is 5.73. The zero-order chi connectivity index (χ0) is 10.5. The monoisotopic (exact) mass is 226 g/mol. The second-order valence-corrected chi connectivity index (χ2v) is 3.98. The first-order valence-electron chi connectivity index (χ1n) is 5.21. The first-order chi connectivity index (χ1) is 7.40. The van der Waals surface area contributed by atoms with Crippen molar-refractivity contribution >= 4 is 11.6 Å². The molecule has 1 aromatic heterocycles. The van der Waals surface area contributed by atoms with Crippen molar-refractivity contribution in [3.05, 3.63) is 30.1 Å². The molecule has 0 spiro atoms. The van der Waals surface area contributed by atoms with Crippen LogP contribution in [0.25, 0.3) is 0 Å². The fraction of sp³-hybridized carbons (Fsp3) is 0.545. The molecule has 0 aliphatic carbocycles. The van der Waals surface area contributed by atoms with Crippen molar-refractivity contribution in [2.75, 3.05) is 32.1 Å². The van der Waals surface area contributed by atoms with Crippen LogP contribution in [0.3, 0.4) is 0 Å². The zero-order valence-electron chi connectivity index (χ0n) is 8.60. The molecule has 1 aliphatic rings. The molecular weight excluding hydrogens is 212 g/mol. The van der Waals surface area contributed by atoms with E-state index >= 15 is 0 Å². The van der Waals surface area contributed by atoms with Crippen molar-refractivity contribution in [1.82, 2.24) is 9.88 Å². The van der Waals surface area contributed by atoms with Gasteiger partial charge >= 0.3 is 0 Å². The molecule has 0 amide bonds. The quantitative estimate of drug-likeness (QED) is 0.734. The van der Waals surface area contributed by atoms with Crippen LogP contribution in [-0.4, -0.2) is 42.0 Å². The van der Waals surface area contributed by atoms with Crippen molar-refractivity contribution in [3.8, 4) is 0 Å². The standard InChI is InChI=1S/C11H15ClN2O/c12-4-6-14-7-8-15-11(9-14)10-3-1-2-5-13-10/h1-3,5,11H,4,6-9H2. The van der Waals surface area contributed by atoms with Crippen molar-refractivity contribution in [1.29, 1.82) is 0 Å². The Balaban J connectivity index is 1.98. The number of halogens is 1. The lowest BCUT2D eigenvalue weighted by Crippen LogP contribution is -2.39. The van der Waals surface area contributed by atoms with Crippen molar-refractivity contribution < 1.29 is 4.74 Å². The maximum absolute atomic E-state index is 5.73. The number of ether oxygens (including phenoxy) is 1. The summed E-state index contributed by atoms with van der Waals surface area (Å²) in [4.78, 5) is 6.63. The molecule has 15 heavy (non-hydrogen) atoms. The first kappa shape index (κ1) is 10.9. The summed E-state index contributed by atoms with van der Waals surface area (Å²) in [5.74, 6) is 0.676. The Bertz CT molecular complexity index is 292. The lowest BCUT2D eigenvalue weighted by Gasteiger charge is -2.32. The average Bonchev–Trinajstić information content (AvgIpc) is 2.31. The van der Waals surface area contributed by atoms with Crippen LogP contribution in [0.5, 0.6) is 0 Å². The summed E-state index contributed by atoms with van der Waals surface area (Å²) in [6.45, 7) is 3.55. The maximum Gasteiger partial charge on any atom is 0.112 e. The number of hydrogen-bond donors (Lipinski definition) is 0. The number of hydrogen-bond acceptors (Lipinski definition) is 3. The highest BCUT2D eigenvalue weighted by Gasteiger charge is 2.21. The highest BCUT2D eigenvalue weighted by molar-refractivity contribution is 6.18. The van der Waals surface area contributed by atoms with E-state index in [4.69, 9.17) is 16.3 Å². The molecule has 0 aromatic carbocycles. The van der Waals surface area contributed by atoms with E-state index in [1.807, 2.05) is 18.2 Å². The van der Waals surface area contributed by atoms with Gasteiger partial charge in [0.2, 0.25) is 0 Å². The minimum Gasteiger partial charge on any atom is -0.369 e. The second-order valence-electron chi connectivity index (χ2n) is 3.60. The Kier molecular flexibility index (Phi) is 3.94. The van der Waals surface area contributed by atoms with E-state index in [0.29, 0.717) is 5.88 Å². The average molecular weight is 227 g/mol. The Labute approximate surface area is 95.0 Å². The molecule has 0 saturated carbocycles. The third-order valence-electron chi connectivity index (χ3n) is 2.57. The molecule has 0 bridgehead atoms. The molecule has 2 rings (SSSR count). The summed E-state index contributed by atoms with van der Waals surface area (Å²) in [6, 6.07) is 5.92. The van der Waals surface area contributed by atoms with Crippen LogP contribution in [0.1, 0.15) is 11.8 Å². The van der Waals surface area contributed by atoms with Gasteiger partial charge in [0.25, 0.3) is 0 Å². The lowest BCUT2D eigenvalue weighted by molar-refractivity contribution is -0.0300. The van der Waals surface area contributed by atoms with Crippen LogP contribution < -0.4 is 0 Å². The van der Waals surface area contributed by atoms with Crippen molar-refractivity contribution in [3.63, 3.8) is 0 Å². The predicted octanol–water partition coefficient (Wildman–Crippen LogP) is 1.69. The van der Waals surface area contributed by atoms with Gasteiger partial charge in [-0.05, 0) is 12.1 Å². The van der Waals surface area contributed by atoms with Gasteiger partial charge in [0.05, 0.1) is 12.3 Å². The van der Waals surface area contributed by atoms with E-state index < -0.39 is 0 Å². The summed E-state index contributed by atoms with van der Waals surface area (Å²) in [6.07, 6.45) is 1.90. The summed E-state index contributed by atoms with van der Waals surface area (Å²) in [5.41, 5.74) is 1.01. The van der Waals surface area contributed by atoms with Crippen LogP contribution in [0, 0.1) is 0 Å². The van der Waals surface area contributed by atoms with Gasteiger partial charge < -0.3 is 4.74 Å². The third kappa shape index (κ3) is 2.91. The molecule has 2 heterocycles. The molecule has 1 unspecified atom stereocenters. The smallest absolute Gasteiger partial charge is 0.112 e. The fourth-order valence-corrected chi connectivity index (χ4v) is 2.01. The molecule has 1 aromatic rings. The van der Waals surface area contributed by atoms with Crippen LogP contribution in [0.15, 0.2) is 24.4 Å². The highest BCUT2D eigenvalue weighted by atomic mass is 35.5. The minimum absolute atomic E-state index is 0.100. The van der Waals surface area contributed by atoms with Crippen LogP contribution in [0.2, 0.25) is 0 Å². The number of nitrogens with zero attached hydrogens (tertiary/aromatic N) is 2. The Hall–Kier alpha value is -0.640. The summed E-state index contributed by atoms with van der Waals surface area (Å²) in [5, 5.41) is 0. The highest BCUT2D eigenvalue weighted by Crippen LogP contribution is 2.19. The van der Waals surface area contributed by atoms with Gasteiger partial charge in [0, 0.05) is 31.7 Å². The summed E-state index contributed by atoms with van der Waals surface area (Å²) < 4.78 is 5.69. The van der Waals surface area contributed by atoms with Gasteiger partial charge in [-0.1, -0.05) is 6.07 Å². The van der Waals surface area contributed by atoms with Gasteiger partial charge in [0.1, 0.15) is 6.10 Å². The molecule has 0 radical (unpaired) electrons. The SMILES string of the molecule is ClCCN1CCOC(c2ccccn2)C1. The minimum atomic E-state index is 0.100. The maximum atomic E-state index is 5.73. The van der Waals surface area contributed by atoms with Crippen LogP contribution >= 0.6 is 11.6 Å². The number of pyridine rings is 1. The van der Waals surface area contributed by atoms with E-state index in [0.717, 1.165) is 31.9 Å². The molecular formula is C11H15ClN2O. The topological polar surface area (TPSA) is 25.4 Å². The van der Waals surface area contributed by atoms with E-state index in [2.05, 4.69) is 9.88 Å². The van der Waals surface area contributed by atoms with Gasteiger partial charge in [-0.3, -0.25) is 9.88 Å². The first-order valence-corrected chi connectivity index (χ1v) is 5.74. The Morgan fingerprint density at radius 2 is 2.47 bits per heavy atom. The van der Waals surface area contributed by atoms with E-state index in [1.54, 1.807) is 6.20 Å². The Morgan fingerprint density at radius 3 is 3.20 bits per heavy atom. The number of morpholine rings is 1. The normalized spacial score (nSPS) is 22.9. The second kappa shape index (κ2) is 5.45. The molecule has 3 nitrogen and oxygen atoms in total. The van der Waals surface area contributed by atoms with Gasteiger partial charge in [0.15, 0.2) is 0 Å². The molecule has 1 aliphatic heterocycles. The molecule has 1 fully saturated rings. The van der Waals surface area contributed by atoms with Gasteiger partial charge in [-0.25, -0.2) is 0 Å². The predicted molar refractivity (Wildman–Crippen MR) is 60.1 cm³/mol. The van der Waals surface area contributed by atoms with Crippen LogP contribution in [0.4, 0.5) is 0 Å². The number of alkyl halides is 1. The molecule has 1 saturated heterocycles. The lowest BCUT2D eigenvalue weighted by atomic mass is 10.2. The van der Waals surface area contributed by atoms with E-state index in [1.165, 1.54) is 0 Å². The number of aromatic nitrogens is 1.